The van der Waals surface area contributed by atoms with Gasteiger partial charge in [0.25, 0.3) is 5.91 Å². The first-order chi connectivity index (χ1) is 17.7. The van der Waals surface area contributed by atoms with E-state index >= 15 is 0 Å². The molecular formula is C26H32N4O8. The minimum atomic E-state index is -2.62. The predicted molar refractivity (Wildman–Crippen MR) is 136 cm³/mol. The van der Waals surface area contributed by atoms with Crippen LogP contribution in [0, 0.1) is 11.8 Å². The number of nitrogens with one attached hydrogen (secondary N) is 1. The van der Waals surface area contributed by atoms with Gasteiger partial charge in [0, 0.05) is 49.8 Å². The topological polar surface area (TPSA) is 194 Å². The normalized spacial score (nSPS) is 24.7. The first-order valence-corrected chi connectivity index (χ1v) is 12.1. The maximum atomic E-state index is 13.7. The molecule has 7 N–H and O–H groups in total. The van der Waals surface area contributed by atoms with E-state index in [0.29, 0.717) is 16.8 Å². The molecule has 38 heavy (non-hydrogen) atoms. The van der Waals surface area contributed by atoms with E-state index in [1.54, 1.807) is 44.1 Å². The highest BCUT2D eigenvalue weighted by Crippen LogP contribution is 2.53. The molecule has 0 spiro atoms. The number of carbonyl (C=O) groups excluding carboxylic acids is 4. The Kier molecular flexibility index (Phi) is 6.74. The molecule has 1 aromatic rings. The van der Waals surface area contributed by atoms with Gasteiger partial charge in [0.05, 0.1) is 12.1 Å². The average Bonchev–Trinajstić information content (AvgIpc) is 2.80. The molecule has 204 valence electrons. The Bertz CT molecular complexity index is 1330. The zero-order valence-corrected chi connectivity index (χ0v) is 21.7. The van der Waals surface area contributed by atoms with Crippen molar-refractivity contribution in [3.8, 4) is 5.75 Å². The van der Waals surface area contributed by atoms with E-state index in [9.17, 15) is 39.6 Å². The number of ketones is 2. The van der Waals surface area contributed by atoms with Crippen molar-refractivity contribution >= 4 is 34.8 Å². The van der Waals surface area contributed by atoms with Crippen LogP contribution in [0.4, 0.5) is 5.69 Å². The molecule has 3 unspecified atom stereocenters. The van der Waals surface area contributed by atoms with Gasteiger partial charge < -0.3 is 41.3 Å². The Labute approximate surface area is 219 Å². The van der Waals surface area contributed by atoms with Gasteiger partial charge in [0.1, 0.15) is 22.8 Å². The quantitative estimate of drug-likeness (QED) is 0.266. The number of hydrogen-bond acceptors (Lipinski definition) is 10. The lowest BCUT2D eigenvalue weighted by molar-refractivity contribution is -0.147. The number of phenolic OH excluding ortho intramolecular Hbond substituents is 1. The molecule has 1 saturated carbocycles. The molecule has 0 aliphatic heterocycles. The van der Waals surface area contributed by atoms with Crippen LogP contribution in [0.5, 0.6) is 5.75 Å². The fraction of sp³-hybridized carbons (Fsp3) is 0.462. The number of phenols is 1. The smallest absolute Gasteiger partial charge is 0.255 e. The number of benzene rings is 1. The number of Topliss-reactive ketones (excluding diaryl/α,β-unsaturated/α-hetero) is 2. The predicted octanol–water partition coefficient (Wildman–Crippen LogP) is -0.332. The van der Waals surface area contributed by atoms with Gasteiger partial charge in [-0.25, -0.2) is 0 Å². The van der Waals surface area contributed by atoms with Gasteiger partial charge >= 0.3 is 0 Å². The summed E-state index contributed by atoms with van der Waals surface area (Å²) in [5.41, 5.74) is 3.04. The van der Waals surface area contributed by atoms with Crippen molar-refractivity contribution < 1.29 is 39.6 Å². The first-order valence-electron chi connectivity index (χ1n) is 12.1. The zero-order valence-electron chi connectivity index (χ0n) is 21.7. The van der Waals surface area contributed by atoms with E-state index in [1.165, 1.54) is 0 Å². The number of carbonyl (C=O) groups is 4. The summed E-state index contributed by atoms with van der Waals surface area (Å²) in [4.78, 5) is 53.6. The van der Waals surface area contributed by atoms with Gasteiger partial charge in [0.15, 0.2) is 11.4 Å². The Morgan fingerprint density at radius 2 is 1.79 bits per heavy atom. The molecule has 0 heterocycles. The van der Waals surface area contributed by atoms with Crippen LogP contribution >= 0.6 is 0 Å². The second kappa shape index (κ2) is 9.44. The Morgan fingerprint density at radius 1 is 1.13 bits per heavy atom. The summed E-state index contributed by atoms with van der Waals surface area (Å²) in [7, 11) is 7.02. The molecule has 4 rings (SSSR count). The van der Waals surface area contributed by atoms with E-state index < -0.39 is 52.0 Å². The van der Waals surface area contributed by atoms with E-state index in [4.69, 9.17) is 5.73 Å². The molecule has 1 aromatic carbocycles. The number of aliphatic hydroxyl groups is 3. The molecular weight excluding hydrogens is 496 g/mol. The van der Waals surface area contributed by atoms with Crippen LogP contribution in [0.25, 0.3) is 5.76 Å². The number of aromatic hydroxyl groups is 1. The summed E-state index contributed by atoms with van der Waals surface area (Å²) in [6.45, 7) is 0.0799. The lowest BCUT2D eigenvalue weighted by atomic mass is 9.59. The van der Waals surface area contributed by atoms with Crippen LogP contribution in [-0.2, 0) is 32.1 Å². The van der Waals surface area contributed by atoms with Gasteiger partial charge in [-0.15, -0.1) is 0 Å². The maximum Gasteiger partial charge on any atom is 0.255 e. The van der Waals surface area contributed by atoms with E-state index in [2.05, 4.69) is 5.32 Å². The largest absolute Gasteiger partial charge is 0.508 e. The van der Waals surface area contributed by atoms with Gasteiger partial charge in [-0.1, -0.05) is 0 Å². The second-order valence-corrected chi connectivity index (χ2v) is 10.6. The molecule has 12 nitrogen and oxygen atoms in total. The Morgan fingerprint density at radius 3 is 2.37 bits per heavy atom. The lowest BCUT2D eigenvalue weighted by Crippen LogP contribution is -2.58. The molecule has 0 radical (unpaired) electrons. The Hall–Kier alpha value is -3.90. The van der Waals surface area contributed by atoms with Crippen molar-refractivity contribution in [3.63, 3.8) is 0 Å². The minimum Gasteiger partial charge on any atom is -0.508 e. The zero-order chi connectivity index (χ0) is 28.3. The van der Waals surface area contributed by atoms with Crippen molar-refractivity contribution in [2.45, 2.75) is 31.4 Å². The summed E-state index contributed by atoms with van der Waals surface area (Å²) in [6, 6.07) is 1.70. The monoisotopic (exact) mass is 528 g/mol. The third kappa shape index (κ3) is 4.09. The Balaban J connectivity index is 1.85. The van der Waals surface area contributed by atoms with Gasteiger partial charge in [0.2, 0.25) is 11.7 Å². The van der Waals surface area contributed by atoms with E-state index in [1.807, 2.05) is 0 Å². The van der Waals surface area contributed by atoms with Gasteiger partial charge in [-0.2, -0.15) is 0 Å². The number of rotatable bonds is 6. The van der Waals surface area contributed by atoms with Crippen molar-refractivity contribution in [3.05, 3.63) is 39.7 Å². The number of likely N-dealkylation sites (N-methyl/N-ethyl adjacent to an activating group) is 1. The summed E-state index contributed by atoms with van der Waals surface area (Å²) in [5, 5.41) is 47.3. The summed E-state index contributed by atoms with van der Waals surface area (Å²) < 4.78 is 0. The third-order valence-corrected chi connectivity index (χ3v) is 7.54. The molecule has 1 fully saturated rings. The highest BCUT2D eigenvalue weighted by Gasteiger charge is 2.60. The van der Waals surface area contributed by atoms with Crippen LogP contribution in [0.15, 0.2) is 23.0 Å². The fourth-order valence-corrected chi connectivity index (χ4v) is 5.79. The van der Waals surface area contributed by atoms with Crippen molar-refractivity contribution in [2.24, 2.45) is 17.6 Å². The van der Waals surface area contributed by atoms with Crippen molar-refractivity contribution in [1.82, 2.24) is 10.2 Å². The number of amides is 2. The second-order valence-electron chi connectivity index (χ2n) is 10.6. The standard InChI is InChI=1S/C26H32N4O8/c1-29(2)10-17(32)28-9-12-7-15(30(3)4)14-6-11-5-13-8-16(31)20(25(27)37)24(36)26(13,38)23(35)18(11)22(34)19(14)21(12)33/h7,11,13,33-34,36,38H,5-6,8-10H2,1-4H3,(H2,27,37)(H,28,32). The number of anilines is 1. The number of fused-ring (bicyclic) bond motifs is 3. The fourth-order valence-electron chi connectivity index (χ4n) is 5.79. The minimum absolute atomic E-state index is 0.0137. The summed E-state index contributed by atoms with van der Waals surface area (Å²) in [5.74, 6) is -7.04. The third-order valence-electron chi connectivity index (χ3n) is 7.54. The van der Waals surface area contributed by atoms with Crippen molar-refractivity contribution in [1.29, 1.82) is 0 Å². The molecule has 3 aliphatic rings. The molecule has 2 amide bonds. The number of nitrogens with zero attached hydrogens (tertiary/aromatic N) is 2. The van der Waals surface area contributed by atoms with Crippen LogP contribution in [0.1, 0.15) is 29.5 Å². The first kappa shape index (κ1) is 27.1. The summed E-state index contributed by atoms with van der Waals surface area (Å²) >= 11 is 0. The average molecular weight is 529 g/mol. The van der Waals surface area contributed by atoms with Crippen LogP contribution in [0.2, 0.25) is 0 Å². The number of hydrogen-bond donors (Lipinski definition) is 6. The van der Waals surface area contributed by atoms with Crippen LogP contribution in [-0.4, -0.2) is 89.0 Å². The molecule has 3 aliphatic carbocycles. The number of aliphatic hydroxyl groups excluding tert-OH is 2. The molecule has 3 atom stereocenters. The lowest BCUT2D eigenvalue weighted by Gasteiger charge is -2.46. The van der Waals surface area contributed by atoms with E-state index in [0.717, 1.165) is 0 Å². The number of primary amides is 1. The van der Waals surface area contributed by atoms with Gasteiger partial charge in [-0.05, 0) is 44.5 Å². The van der Waals surface area contributed by atoms with Gasteiger partial charge in [-0.3, -0.25) is 19.2 Å². The van der Waals surface area contributed by atoms with Crippen molar-refractivity contribution in [2.75, 3.05) is 39.6 Å². The number of nitrogens with two attached hydrogens (primary N) is 1. The highest BCUT2D eigenvalue weighted by atomic mass is 16.3. The summed E-state index contributed by atoms with van der Waals surface area (Å²) in [6.07, 6.45) is -0.124. The molecule has 12 heteroatoms. The van der Waals surface area contributed by atoms with E-state index in [-0.39, 0.29) is 55.1 Å². The molecule has 0 saturated heterocycles. The molecule has 0 aromatic heterocycles. The van der Waals surface area contributed by atoms with Crippen LogP contribution < -0.4 is 16.0 Å². The molecule has 0 bridgehead atoms. The maximum absolute atomic E-state index is 13.7. The van der Waals surface area contributed by atoms with Crippen LogP contribution in [0.3, 0.4) is 0 Å². The highest BCUT2D eigenvalue weighted by molar-refractivity contribution is 6.22. The SMILES string of the molecule is CN(C)CC(=O)NCc1cc(N(C)C)c2c(c1O)C(O)=C1C(=O)C3(O)C(O)=C(C(N)=O)C(=O)CC3CC1C2.